The molecule has 5 rings (SSSR count). The molecule has 0 saturated carbocycles. The van der Waals surface area contributed by atoms with Crippen molar-refractivity contribution < 1.29 is 14.3 Å². The molecule has 3 aliphatic rings. The highest BCUT2D eigenvalue weighted by atomic mass is 32.1. The number of thiophene rings is 1. The Labute approximate surface area is 187 Å². The molecule has 0 aliphatic carbocycles. The van der Waals surface area contributed by atoms with Crippen LogP contribution in [0.25, 0.3) is 10.4 Å². The van der Waals surface area contributed by atoms with Crippen LogP contribution in [-0.2, 0) is 9.53 Å². The summed E-state index contributed by atoms with van der Waals surface area (Å²) in [6.07, 6.45) is 4.81. The Morgan fingerprint density at radius 3 is 2.35 bits per heavy atom. The van der Waals surface area contributed by atoms with Crippen LogP contribution < -0.4 is 5.32 Å². The summed E-state index contributed by atoms with van der Waals surface area (Å²) in [6.45, 7) is 4.68. The van der Waals surface area contributed by atoms with Gasteiger partial charge in [-0.3, -0.25) is 14.5 Å². The Kier molecular flexibility index (Phi) is 5.82. The number of benzene rings is 1. The third kappa shape index (κ3) is 4.02. The summed E-state index contributed by atoms with van der Waals surface area (Å²) < 4.78 is 5.42. The van der Waals surface area contributed by atoms with Gasteiger partial charge in [-0.25, -0.2) is 0 Å². The van der Waals surface area contributed by atoms with Crippen LogP contribution >= 0.6 is 11.3 Å². The van der Waals surface area contributed by atoms with Gasteiger partial charge in [0.25, 0.3) is 5.91 Å². The van der Waals surface area contributed by atoms with E-state index in [1.165, 1.54) is 37.0 Å². The van der Waals surface area contributed by atoms with Crippen molar-refractivity contribution in [2.75, 3.05) is 38.2 Å². The standard InChI is InChI=1S/C24H29N3O3S/c1-16-21(24(29)26-11-13-30-14-12-26)23(31-22(16)17-5-3-2-4-6-17)25-20(28)15-27-18-7-8-19(27)10-9-18/h2-6,18-19H,7-15H2,1H3,(H,25,28). The first-order valence-electron chi connectivity index (χ1n) is 11.2. The van der Waals surface area contributed by atoms with Crippen molar-refractivity contribution in [3.63, 3.8) is 0 Å². The van der Waals surface area contributed by atoms with E-state index in [2.05, 4.69) is 22.3 Å². The van der Waals surface area contributed by atoms with Crippen LogP contribution in [0.1, 0.15) is 41.6 Å². The summed E-state index contributed by atoms with van der Waals surface area (Å²) in [7, 11) is 0. The second-order valence-corrected chi connectivity index (χ2v) is 9.73. The fourth-order valence-electron chi connectivity index (χ4n) is 5.26. The van der Waals surface area contributed by atoms with E-state index < -0.39 is 0 Å². The number of hydrogen-bond acceptors (Lipinski definition) is 5. The molecule has 0 atom stereocenters. The van der Waals surface area contributed by atoms with E-state index in [1.54, 1.807) is 0 Å². The van der Waals surface area contributed by atoms with Gasteiger partial charge in [0.2, 0.25) is 5.91 Å². The van der Waals surface area contributed by atoms with Crippen molar-refractivity contribution in [1.82, 2.24) is 9.80 Å². The zero-order valence-corrected chi connectivity index (χ0v) is 18.7. The number of amides is 2. The quantitative estimate of drug-likeness (QED) is 0.771. The molecule has 6 nitrogen and oxygen atoms in total. The Morgan fingerprint density at radius 2 is 1.71 bits per heavy atom. The van der Waals surface area contributed by atoms with Gasteiger partial charge >= 0.3 is 0 Å². The van der Waals surface area contributed by atoms with E-state index in [1.807, 2.05) is 30.0 Å². The zero-order chi connectivity index (χ0) is 21.4. The number of nitrogens with one attached hydrogen (secondary N) is 1. The number of ether oxygens (including phenoxy) is 1. The maximum absolute atomic E-state index is 13.4. The number of carbonyl (C=O) groups excluding carboxylic acids is 2. The van der Waals surface area contributed by atoms with Crippen molar-refractivity contribution in [1.29, 1.82) is 0 Å². The largest absolute Gasteiger partial charge is 0.378 e. The van der Waals surface area contributed by atoms with Crippen LogP contribution in [0, 0.1) is 6.92 Å². The van der Waals surface area contributed by atoms with Crippen molar-refractivity contribution in [2.24, 2.45) is 0 Å². The third-order valence-electron chi connectivity index (χ3n) is 6.88. The van der Waals surface area contributed by atoms with Gasteiger partial charge in [0.15, 0.2) is 0 Å². The highest BCUT2D eigenvalue weighted by molar-refractivity contribution is 7.20. The van der Waals surface area contributed by atoms with Gasteiger partial charge in [-0.2, -0.15) is 0 Å². The molecule has 7 heteroatoms. The van der Waals surface area contributed by atoms with E-state index in [-0.39, 0.29) is 11.8 Å². The number of fused-ring (bicyclic) bond motifs is 2. The minimum atomic E-state index is -0.0179. The van der Waals surface area contributed by atoms with E-state index in [0.717, 1.165) is 16.0 Å². The fraction of sp³-hybridized carbons (Fsp3) is 0.500. The highest BCUT2D eigenvalue weighted by Gasteiger charge is 2.40. The van der Waals surface area contributed by atoms with E-state index in [0.29, 0.717) is 55.5 Å². The Hall–Kier alpha value is -2.22. The normalized spacial score (nSPS) is 23.3. The SMILES string of the molecule is Cc1c(-c2ccccc2)sc(NC(=O)CN2C3CCC2CC3)c1C(=O)N1CCOCC1. The number of anilines is 1. The molecule has 31 heavy (non-hydrogen) atoms. The summed E-state index contributed by atoms with van der Waals surface area (Å²) in [6, 6.07) is 11.2. The molecule has 2 amide bonds. The van der Waals surface area contributed by atoms with Gasteiger partial charge in [-0.1, -0.05) is 30.3 Å². The molecule has 2 aromatic rings. The summed E-state index contributed by atoms with van der Waals surface area (Å²) >= 11 is 1.51. The molecule has 2 bridgehead atoms. The smallest absolute Gasteiger partial charge is 0.257 e. The molecule has 4 heterocycles. The Balaban J connectivity index is 1.43. The number of hydrogen-bond donors (Lipinski definition) is 1. The lowest BCUT2D eigenvalue weighted by molar-refractivity contribution is -0.117. The predicted molar refractivity (Wildman–Crippen MR) is 123 cm³/mol. The lowest BCUT2D eigenvalue weighted by Gasteiger charge is -2.27. The maximum Gasteiger partial charge on any atom is 0.257 e. The van der Waals surface area contributed by atoms with E-state index >= 15 is 0 Å². The lowest BCUT2D eigenvalue weighted by Crippen LogP contribution is -2.41. The molecular formula is C24H29N3O3S. The summed E-state index contributed by atoms with van der Waals surface area (Å²) in [4.78, 5) is 31.7. The van der Waals surface area contributed by atoms with Crippen LogP contribution in [0.5, 0.6) is 0 Å². The van der Waals surface area contributed by atoms with Crippen LogP contribution in [0.15, 0.2) is 30.3 Å². The number of nitrogens with zero attached hydrogens (tertiary/aromatic N) is 2. The van der Waals surface area contributed by atoms with Gasteiger partial charge in [0.1, 0.15) is 5.00 Å². The van der Waals surface area contributed by atoms with Gasteiger partial charge in [0.05, 0.1) is 25.3 Å². The van der Waals surface area contributed by atoms with E-state index in [9.17, 15) is 9.59 Å². The lowest BCUT2D eigenvalue weighted by atomic mass is 10.0. The third-order valence-corrected chi connectivity index (χ3v) is 8.13. The van der Waals surface area contributed by atoms with Crippen LogP contribution in [0.2, 0.25) is 0 Å². The molecule has 164 valence electrons. The average molecular weight is 440 g/mol. The van der Waals surface area contributed by atoms with Gasteiger partial charge in [-0.15, -0.1) is 11.3 Å². The molecule has 3 fully saturated rings. The molecule has 1 aromatic heterocycles. The van der Waals surface area contributed by atoms with E-state index in [4.69, 9.17) is 4.74 Å². The second kappa shape index (κ2) is 8.73. The zero-order valence-electron chi connectivity index (χ0n) is 17.9. The predicted octanol–water partition coefficient (Wildman–Crippen LogP) is 3.76. The summed E-state index contributed by atoms with van der Waals surface area (Å²) in [5, 5.41) is 3.79. The molecule has 3 saturated heterocycles. The fourth-order valence-corrected chi connectivity index (χ4v) is 6.48. The summed E-state index contributed by atoms with van der Waals surface area (Å²) in [5.41, 5.74) is 2.63. The van der Waals surface area contributed by atoms with Crippen LogP contribution in [0.3, 0.4) is 0 Å². The minimum absolute atomic E-state index is 0.0178. The molecule has 0 radical (unpaired) electrons. The number of morpholine rings is 1. The minimum Gasteiger partial charge on any atom is -0.378 e. The Morgan fingerprint density at radius 1 is 1.06 bits per heavy atom. The second-order valence-electron chi connectivity index (χ2n) is 8.71. The van der Waals surface area contributed by atoms with Crippen molar-refractivity contribution in [3.8, 4) is 10.4 Å². The molecule has 0 unspecified atom stereocenters. The first-order valence-corrected chi connectivity index (χ1v) is 12.0. The molecule has 3 aliphatic heterocycles. The van der Waals surface area contributed by atoms with Crippen LogP contribution in [0.4, 0.5) is 5.00 Å². The average Bonchev–Trinajstić information content (AvgIpc) is 3.47. The van der Waals surface area contributed by atoms with Crippen molar-refractivity contribution in [3.05, 3.63) is 41.5 Å². The van der Waals surface area contributed by atoms with Gasteiger partial charge < -0.3 is 15.0 Å². The van der Waals surface area contributed by atoms with Crippen molar-refractivity contribution in [2.45, 2.75) is 44.7 Å². The highest BCUT2D eigenvalue weighted by Crippen LogP contribution is 2.41. The monoisotopic (exact) mass is 439 g/mol. The molecule has 0 spiro atoms. The topological polar surface area (TPSA) is 61.9 Å². The maximum atomic E-state index is 13.4. The number of rotatable bonds is 5. The summed E-state index contributed by atoms with van der Waals surface area (Å²) in [5.74, 6) is -0.0357. The van der Waals surface area contributed by atoms with Gasteiger partial charge in [-0.05, 0) is 43.7 Å². The van der Waals surface area contributed by atoms with Crippen molar-refractivity contribution >= 4 is 28.2 Å². The molecular weight excluding hydrogens is 410 g/mol. The first kappa shape index (κ1) is 20.7. The molecule has 1 aromatic carbocycles. The molecule has 1 N–H and O–H groups in total. The first-order chi connectivity index (χ1) is 15.1. The van der Waals surface area contributed by atoms with Gasteiger partial charge in [0, 0.05) is 30.1 Å². The van der Waals surface area contributed by atoms with Crippen LogP contribution in [-0.4, -0.2) is 66.5 Å². The Bertz CT molecular complexity index is 948. The number of carbonyl (C=O) groups is 2.